The van der Waals surface area contributed by atoms with Crippen LogP contribution in [-0.2, 0) is 11.3 Å². The Morgan fingerprint density at radius 2 is 2.18 bits per heavy atom. The van der Waals surface area contributed by atoms with Gasteiger partial charge in [0, 0.05) is 17.1 Å². The van der Waals surface area contributed by atoms with E-state index in [4.69, 9.17) is 11.6 Å². The Bertz CT molecular complexity index is 680. The highest BCUT2D eigenvalue weighted by Crippen LogP contribution is 2.26. The molecule has 1 aliphatic rings. The largest absolute Gasteiger partial charge is 0.323 e. The van der Waals surface area contributed by atoms with E-state index in [9.17, 15) is 9.18 Å². The molecular formula is C16H17ClFN3O. The second-order valence-electron chi connectivity index (χ2n) is 5.63. The fourth-order valence-electron chi connectivity index (χ4n) is 2.77. The fourth-order valence-corrected chi connectivity index (χ4v) is 3.00. The van der Waals surface area contributed by atoms with Gasteiger partial charge in [-0.1, -0.05) is 30.5 Å². The summed E-state index contributed by atoms with van der Waals surface area (Å²) in [5.74, 6) is -0.175. The summed E-state index contributed by atoms with van der Waals surface area (Å²) in [6.07, 6.45) is 7.55. The highest BCUT2D eigenvalue weighted by Gasteiger charge is 2.22. The van der Waals surface area contributed by atoms with Crippen molar-refractivity contribution in [3.8, 4) is 0 Å². The molecule has 0 saturated heterocycles. The Morgan fingerprint density at radius 1 is 1.41 bits per heavy atom. The van der Waals surface area contributed by atoms with Crippen LogP contribution in [0.1, 0.15) is 31.2 Å². The predicted octanol–water partition coefficient (Wildman–Crippen LogP) is 3.85. The van der Waals surface area contributed by atoms with Crippen LogP contribution in [0.2, 0.25) is 5.02 Å². The Morgan fingerprint density at radius 3 is 2.91 bits per heavy atom. The van der Waals surface area contributed by atoms with Crippen molar-refractivity contribution in [3.63, 3.8) is 0 Å². The zero-order valence-corrected chi connectivity index (χ0v) is 12.8. The van der Waals surface area contributed by atoms with E-state index in [2.05, 4.69) is 10.4 Å². The number of halogens is 2. The number of nitrogens with zero attached hydrogens (tertiary/aromatic N) is 2. The summed E-state index contributed by atoms with van der Waals surface area (Å²) in [5.41, 5.74) is 1.45. The molecule has 0 unspecified atom stereocenters. The quantitative estimate of drug-likeness (QED) is 0.929. The SMILES string of the molecule is O=C(Nc1cnn(Cc2ccc(F)cc2Cl)c1)C1CCCC1. The van der Waals surface area contributed by atoms with Crippen molar-refractivity contribution in [1.29, 1.82) is 0 Å². The summed E-state index contributed by atoms with van der Waals surface area (Å²) in [6.45, 7) is 0.429. The summed E-state index contributed by atoms with van der Waals surface area (Å²) in [6, 6.07) is 4.28. The van der Waals surface area contributed by atoms with Crippen LogP contribution in [0.15, 0.2) is 30.6 Å². The molecule has 3 rings (SSSR count). The average Bonchev–Trinajstić information content (AvgIpc) is 3.13. The van der Waals surface area contributed by atoms with Crippen LogP contribution in [-0.4, -0.2) is 15.7 Å². The van der Waals surface area contributed by atoms with Crippen LogP contribution in [0, 0.1) is 11.7 Å². The second kappa shape index (κ2) is 6.48. The number of nitrogens with one attached hydrogen (secondary N) is 1. The number of carbonyl (C=O) groups excluding carboxylic acids is 1. The lowest BCUT2D eigenvalue weighted by Crippen LogP contribution is -2.19. The number of hydrogen-bond acceptors (Lipinski definition) is 2. The molecule has 1 amide bonds. The van der Waals surface area contributed by atoms with Crippen molar-refractivity contribution < 1.29 is 9.18 Å². The van der Waals surface area contributed by atoms with E-state index in [-0.39, 0.29) is 17.6 Å². The molecule has 1 saturated carbocycles. The molecule has 6 heteroatoms. The van der Waals surface area contributed by atoms with E-state index in [1.54, 1.807) is 23.1 Å². The third-order valence-corrected chi connectivity index (χ3v) is 4.33. The van der Waals surface area contributed by atoms with E-state index >= 15 is 0 Å². The number of carbonyl (C=O) groups is 1. The average molecular weight is 322 g/mol. The van der Waals surface area contributed by atoms with E-state index in [0.29, 0.717) is 17.3 Å². The van der Waals surface area contributed by atoms with E-state index < -0.39 is 0 Å². The first-order chi connectivity index (χ1) is 10.6. The van der Waals surface area contributed by atoms with Gasteiger partial charge in [-0.2, -0.15) is 5.10 Å². The third-order valence-electron chi connectivity index (χ3n) is 3.97. The van der Waals surface area contributed by atoms with Crippen molar-refractivity contribution in [1.82, 2.24) is 9.78 Å². The Labute approximate surface area is 133 Å². The van der Waals surface area contributed by atoms with Gasteiger partial charge in [0.1, 0.15) is 5.82 Å². The lowest BCUT2D eigenvalue weighted by molar-refractivity contribution is -0.119. The van der Waals surface area contributed by atoms with Crippen LogP contribution in [0.4, 0.5) is 10.1 Å². The number of aromatic nitrogens is 2. The minimum atomic E-state index is -0.362. The first-order valence-electron chi connectivity index (χ1n) is 7.39. The van der Waals surface area contributed by atoms with E-state index in [1.165, 1.54) is 12.1 Å². The molecule has 1 aliphatic carbocycles. The summed E-state index contributed by atoms with van der Waals surface area (Å²) in [4.78, 5) is 12.1. The molecular weight excluding hydrogens is 305 g/mol. The maximum atomic E-state index is 13.0. The summed E-state index contributed by atoms with van der Waals surface area (Å²) in [7, 11) is 0. The molecule has 116 valence electrons. The highest BCUT2D eigenvalue weighted by atomic mass is 35.5. The molecule has 1 aromatic carbocycles. The Hall–Kier alpha value is -1.88. The molecule has 1 heterocycles. The maximum absolute atomic E-state index is 13.0. The number of hydrogen-bond donors (Lipinski definition) is 1. The molecule has 2 aromatic rings. The normalized spacial score (nSPS) is 15.2. The first kappa shape index (κ1) is 15.0. The van der Waals surface area contributed by atoms with E-state index in [1.807, 2.05) is 0 Å². The lowest BCUT2D eigenvalue weighted by Gasteiger charge is -2.08. The van der Waals surface area contributed by atoms with Gasteiger partial charge in [-0.3, -0.25) is 9.48 Å². The van der Waals surface area contributed by atoms with Crippen molar-refractivity contribution in [2.24, 2.45) is 5.92 Å². The Kier molecular flexibility index (Phi) is 4.43. The van der Waals surface area contributed by atoms with Crippen LogP contribution in [0.3, 0.4) is 0 Å². The van der Waals surface area contributed by atoms with Gasteiger partial charge in [-0.25, -0.2) is 4.39 Å². The van der Waals surface area contributed by atoms with Crippen molar-refractivity contribution >= 4 is 23.2 Å². The molecule has 0 atom stereocenters. The monoisotopic (exact) mass is 321 g/mol. The van der Waals surface area contributed by atoms with Gasteiger partial charge in [-0.05, 0) is 30.5 Å². The molecule has 1 fully saturated rings. The third kappa shape index (κ3) is 3.47. The predicted molar refractivity (Wildman–Crippen MR) is 83.3 cm³/mol. The van der Waals surface area contributed by atoms with Gasteiger partial charge in [0.15, 0.2) is 0 Å². The van der Waals surface area contributed by atoms with Crippen molar-refractivity contribution in [2.45, 2.75) is 32.2 Å². The Balaban J connectivity index is 1.64. The molecule has 0 aliphatic heterocycles. The molecule has 1 N–H and O–H groups in total. The summed E-state index contributed by atoms with van der Waals surface area (Å²) < 4.78 is 14.7. The standard InChI is InChI=1S/C16H17ClFN3O/c17-15-7-13(18)6-5-12(15)9-21-10-14(8-19-21)20-16(22)11-3-1-2-4-11/h5-8,10-11H,1-4,9H2,(H,20,22). The van der Waals surface area contributed by atoms with Gasteiger partial charge in [-0.15, -0.1) is 0 Å². The van der Waals surface area contributed by atoms with Crippen LogP contribution < -0.4 is 5.32 Å². The lowest BCUT2D eigenvalue weighted by atomic mass is 10.1. The van der Waals surface area contributed by atoms with Crippen molar-refractivity contribution in [2.75, 3.05) is 5.32 Å². The van der Waals surface area contributed by atoms with Crippen LogP contribution >= 0.6 is 11.6 Å². The smallest absolute Gasteiger partial charge is 0.227 e. The fraction of sp³-hybridized carbons (Fsp3) is 0.375. The number of benzene rings is 1. The minimum absolute atomic E-state index is 0.0665. The van der Waals surface area contributed by atoms with E-state index in [0.717, 1.165) is 31.2 Å². The summed E-state index contributed by atoms with van der Waals surface area (Å²) >= 11 is 6.01. The van der Waals surface area contributed by atoms with Crippen molar-refractivity contribution in [3.05, 3.63) is 47.0 Å². The van der Waals surface area contributed by atoms with Gasteiger partial charge in [0.25, 0.3) is 0 Å². The molecule has 0 spiro atoms. The minimum Gasteiger partial charge on any atom is -0.323 e. The molecule has 22 heavy (non-hydrogen) atoms. The zero-order valence-electron chi connectivity index (χ0n) is 12.1. The van der Waals surface area contributed by atoms with Crippen LogP contribution in [0.25, 0.3) is 0 Å². The van der Waals surface area contributed by atoms with Gasteiger partial charge in [0.2, 0.25) is 5.91 Å². The zero-order chi connectivity index (χ0) is 15.5. The maximum Gasteiger partial charge on any atom is 0.227 e. The number of rotatable bonds is 4. The molecule has 1 aromatic heterocycles. The van der Waals surface area contributed by atoms with Gasteiger partial charge in [0.05, 0.1) is 18.4 Å². The number of amides is 1. The second-order valence-corrected chi connectivity index (χ2v) is 6.04. The topological polar surface area (TPSA) is 46.9 Å². The molecule has 4 nitrogen and oxygen atoms in total. The summed E-state index contributed by atoms with van der Waals surface area (Å²) in [5, 5.41) is 7.47. The van der Waals surface area contributed by atoms with Crippen LogP contribution in [0.5, 0.6) is 0 Å². The molecule has 0 bridgehead atoms. The molecule has 0 radical (unpaired) electrons. The van der Waals surface area contributed by atoms with Gasteiger partial charge >= 0.3 is 0 Å². The number of anilines is 1. The first-order valence-corrected chi connectivity index (χ1v) is 7.77. The highest BCUT2D eigenvalue weighted by molar-refractivity contribution is 6.31. The van der Waals surface area contributed by atoms with Gasteiger partial charge < -0.3 is 5.32 Å².